The second-order valence-electron chi connectivity index (χ2n) is 21.0. The van der Waals surface area contributed by atoms with E-state index in [4.69, 9.17) is 33.2 Å². The molecular weight excluding hydrogens is 797 g/mol. The van der Waals surface area contributed by atoms with Crippen LogP contribution >= 0.6 is 0 Å². The van der Waals surface area contributed by atoms with Crippen LogP contribution in [0.15, 0.2) is 24.3 Å². The topological polar surface area (TPSA) is 167 Å². The summed E-state index contributed by atoms with van der Waals surface area (Å²) in [6.07, 6.45) is 6.90. The molecule has 62 heavy (non-hydrogen) atoms. The van der Waals surface area contributed by atoms with Gasteiger partial charge in [0.05, 0.1) is 6.61 Å². The van der Waals surface area contributed by atoms with E-state index in [0.717, 1.165) is 32.1 Å². The summed E-state index contributed by atoms with van der Waals surface area (Å²) in [4.78, 5) is 76.8. The molecule has 2 spiro atoms. The van der Waals surface area contributed by atoms with Crippen molar-refractivity contribution in [1.82, 2.24) is 0 Å². The minimum atomic E-state index is -1.58. The fourth-order valence-corrected chi connectivity index (χ4v) is 14.4. The van der Waals surface area contributed by atoms with E-state index < -0.39 is 66.4 Å². The summed E-state index contributed by atoms with van der Waals surface area (Å²) < 4.78 is 41.9. The van der Waals surface area contributed by atoms with E-state index >= 15 is 0 Å². The molecule has 2 heterocycles. The first-order chi connectivity index (χ1) is 28.9. The summed E-state index contributed by atoms with van der Waals surface area (Å²) in [7, 11) is 0. The van der Waals surface area contributed by atoms with E-state index in [1.54, 1.807) is 13.8 Å². The predicted octanol–water partition coefficient (Wildman–Crippen LogP) is 7.27. The van der Waals surface area contributed by atoms with Crippen LogP contribution in [-0.2, 0) is 61.9 Å². The number of hydrogen-bond acceptors (Lipinski definition) is 13. The number of carbonyl (C=O) groups excluding carboxylic acids is 6. The van der Waals surface area contributed by atoms with Crippen molar-refractivity contribution in [2.24, 2.45) is 69.0 Å². The first kappa shape index (κ1) is 46.7. The van der Waals surface area contributed by atoms with Crippen molar-refractivity contribution in [3.05, 3.63) is 24.3 Å². The van der Waals surface area contributed by atoms with Crippen molar-refractivity contribution in [3.63, 3.8) is 0 Å². The summed E-state index contributed by atoms with van der Waals surface area (Å²) >= 11 is 0. The number of hydrogen-bond donors (Lipinski definition) is 0. The average molecular weight is 867 g/mol. The Morgan fingerprint density at radius 2 is 1.61 bits per heavy atom. The summed E-state index contributed by atoms with van der Waals surface area (Å²) in [6, 6.07) is 0. The highest BCUT2D eigenvalue weighted by atomic mass is 16.9. The second-order valence-corrected chi connectivity index (χ2v) is 21.0. The van der Waals surface area contributed by atoms with E-state index in [0.29, 0.717) is 30.3 Å². The van der Waals surface area contributed by atoms with Crippen LogP contribution in [0.1, 0.15) is 128 Å². The van der Waals surface area contributed by atoms with Crippen LogP contribution in [0.3, 0.4) is 0 Å². The molecule has 2 saturated heterocycles. The van der Waals surface area contributed by atoms with Gasteiger partial charge in [0.2, 0.25) is 0 Å². The molecule has 0 aromatic carbocycles. The van der Waals surface area contributed by atoms with Gasteiger partial charge in [0.25, 0.3) is 5.97 Å². The van der Waals surface area contributed by atoms with E-state index in [1.165, 1.54) is 20.8 Å². The van der Waals surface area contributed by atoms with Gasteiger partial charge in [0.15, 0.2) is 17.9 Å². The third-order valence-electron chi connectivity index (χ3n) is 17.6. The van der Waals surface area contributed by atoms with Crippen molar-refractivity contribution in [3.8, 4) is 0 Å². The van der Waals surface area contributed by atoms with Gasteiger partial charge in [-0.15, -0.1) is 0 Å². The monoisotopic (exact) mass is 866 g/mol. The van der Waals surface area contributed by atoms with Gasteiger partial charge in [-0.2, -0.15) is 0 Å². The molecule has 6 fully saturated rings. The predicted molar refractivity (Wildman–Crippen MR) is 224 cm³/mol. The van der Waals surface area contributed by atoms with Crippen LogP contribution in [0.25, 0.3) is 0 Å². The lowest BCUT2D eigenvalue weighted by molar-refractivity contribution is -0.346. The highest BCUT2D eigenvalue weighted by molar-refractivity contribution is 5.97. The van der Waals surface area contributed by atoms with Crippen LogP contribution in [0.2, 0.25) is 0 Å². The molecule has 344 valence electrons. The van der Waals surface area contributed by atoms with Crippen molar-refractivity contribution >= 4 is 35.3 Å². The quantitative estimate of drug-likeness (QED) is 0.0917. The van der Waals surface area contributed by atoms with Crippen molar-refractivity contribution < 1.29 is 61.9 Å². The van der Waals surface area contributed by atoms with Crippen LogP contribution in [0, 0.1) is 69.0 Å². The maximum Gasteiger partial charge on any atom is 0.303 e. The van der Waals surface area contributed by atoms with Crippen LogP contribution in [0.5, 0.6) is 0 Å². The maximum atomic E-state index is 14.9. The molecule has 0 bridgehead atoms. The van der Waals surface area contributed by atoms with Gasteiger partial charge in [-0.1, -0.05) is 54.2 Å². The molecule has 8 unspecified atom stereocenters. The number of carbonyl (C=O) groups is 6. The summed E-state index contributed by atoms with van der Waals surface area (Å²) in [5.41, 5.74) is 0.0605. The molecular formula is C49H70O13. The number of rotatable bonds is 15. The SMILES string of the molecule is C=C(C(=O)[C@H](CCC(C)=O)[C@@H](C)[C@H]1[C@@H](OC(C)=O)C[C@@]2(C)C3CCC4[C@H](C)C(=O)C=C[C@@]45C[C@@]35CC[C@]12C)[C@@H](C)COC1(C)OC2OC(COC(C)=O)C(OC(C)=O)C(C)C2O1. The van der Waals surface area contributed by atoms with E-state index in [-0.39, 0.29) is 82.4 Å². The highest BCUT2D eigenvalue weighted by Gasteiger charge is 2.81. The molecule has 0 amide bonds. The molecule has 18 atom stereocenters. The lowest BCUT2D eigenvalue weighted by Gasteiger charge is -2.61. The van der Waals surface area contributed by atoms with Gasteiger partial charge in [0.1, 0.15) is 36.8 Å². The zero-order valence-electron chi connectivity index (χ0n) is 38.7. The summed E-state index contributed by atoms with van der Waals surface area (Å²) in [5, 5.41) is 0. The van der Waals surface area contributed by atoms with Crippen LogP contribution in [-0.4, -0.2) is 85.2 Å². The standard InChI is InChI=1S/C49H70O13/c1-25(22-57-47(12)61-43-30(6)42(59-33(9)53)38(23-56-31(7)51)60-44(43)62-47)27(3)41(55)34(14-13-26(2)50)28(4)40-37(58-32(8)52)21-46(11)39-16-15-35-29(5)36(54)17-18-48(35)24-49(39,48)20-19-45(40,46)10/h17-18,25,28-30,34-35,37-40,42-44H,3,13-16,19-24H2,1-2,4-12H3/t25-,28+,29-,30?,34+,35?,37-,38?,39?,40-,42?,43?,44?,45+,46-,47?,48+,49-/m0/s1. The van der Waals surface area contributed by atoms with Gasteiger partial charge >= 0.3 is 17.9 Å². The van der Waals surface area contributed by atoms with Crippen LogP contribution < -0.4 is 0 Å². The van der Waals surface area contributed by atoms with Crippen LogP contribution in [0.4, 0.5) is 0 Å². The third kappa shape index (κ3) is 7.66. The Balaban J connectivity index is 1.08. The normalized spacial score (nSPS) is 44.0. The third-order valence-corrected chi connectivity index (χ3v) is 17.6. The van der Waals surface area contributed by atoms with Gasteiger partial charge < -0.3 is 33.2 Å². The number of ketones is 3. The number of Topliss-reactive ketones (excluding diaryl/α,β-unsaturated/α-hetero) is 2. The first-order valence-electron chi connectivity index (χ1n) is 23.0. The Kier molecular flexibility index (Phi) is 12.5. The minimum absolute atomic E-state index is 0.00735. The molecule has 2 aliphatic heterocycles. The zero-order valence-corrected chi connectivity index (χ0v) is 38.7. The average Bonchev–Trinajstić information content (AvgIpc) is 3.64. The Labute approximate surface area is 367 Å². The molecule has 0 aromatic heterocycles. The van der Waals surface area contributed by atoms with Crippen molar-refractivity contribution in [1.29, 1.82) is 0 Å². The molecule has 4 saturated carbocycles. The number of esters is 3. The molecule has 13 nitrogen and oxygen atoms in total. The molecule has 7 aliphatic rings. The van der Waals surface area contributed by atoms with Gasteiger partial charge in [-0.05, 0) is 103 Å². The van der Waals surface area contributed by atoms with Crippen molar-refractivity contribution in [2.45, 2.75) is 164 Å². The second kappa shape index (κ2) is 16.6. The highest BCUT2D eigenvalue weighted by Crippen LogP contribution is 2.87. The number of allylic oxidation sites excluding steroid dienone is 2. The number of fused-ring (bicyclic) bond motifs is 3. The van der Waals surface area contributed by atoms with E-state index in [9.17, 15) is 28.8 Å². The Morgan fingerprint density at radius 1 is 0.919 bits per heavy atom. The van der Waals surface area contributed by atoms with E-state index in [1.807, 2.05) is 19.9 Å². The van der Waals surface area contributed by atoms with Crippen molar-refractivity contribution in [2.75, 3.05) is 13.2 Å². The van der Waals surface area contributed by atoms with Gasteiger partial charge in [-0.3, -0.25) is 28.7 Å². The molecule has 0 aromatic rings. The van der Waals surface area contributed by atoms with Gasteiger partial charge in [-0.25, -0.2) is 0 Å². The minimum Gasteiger partial charge on any atom is -0.463 e. The number of ether oxygens (including phenoxy) is 7. The molecule has 0 radical (unpaired) electrons. The smallest absolute Gasteiger partial charge is 0.303 e. The Morgan fingerprint density at radius 3 is 2.26 bits per heavy atom. The largest absolute Gasteiger partial charge is 0.463 e. The molecule has 7 rings (SSSR count). The molecule has 5 aliphatic carbocycles. The lowest BCUT2D eigenvalue weighted by atomic mass is 9.43. The molecule has 0 N–H and O–H groups in total. The van der Waals surface area contributed by atoms with Gasteiger partial charge in [0, 0.05) is 63.7 Å². The fourth-order valence-electron chi connectivity index (χ4n) is 14.4. The summed E-state index contributed by atoms with van der Waals surface area (Å²) in [6.45, 7) is 24.1. The zero-order chi connectivity index (χ0) is 45.5. The fraction of sp³-hybridized carbons (Fsp3) is 0.796. The van der Waals surface area contributed by atoms with E-state index in [2.05, 4.69) is 40.3 Å². The maximum absolute atomic E-state index is 14.9. The Hall–Kier alpha value is -3.26. The Bertz CT molecular complexity index is 1890. The summed E-state index contributed by atoms with van der Waals surface area (Å²) in [5.74, 6) is -3.94. The first-order valence-corrected chi connectivity index (χ1v) is 23.0. The molecule has 13 heteroatoms. The lowest BCUT2D eigenvalue weighted by Crippen LogP contribution is -2.55.